The van der Waals surface area contributed by atoms with Crippen molar-refractivity contribution in [3.05, 3.63) is 59.8 Å². The van der Waals surface area contributed by atoms with Gasteiger partial charge in [-0.15, -0.1) is 0 Å². The molecule has 4 N–H and O–H groups in total. The molecule has 6 rings (SSSR count). The Kier molecular flexibility index (Phi) is 8.31. The largest absolute Gasteiger partial charge is 0.351 e. The minimum Gasteiger partial charge on any atom is -0.351 e. The molecule has 2 aliphatic heterocycles. The summed E-state index contributed by atoms with van der Waals surface area (Å²) in [5.74, 6) is 1.14. The van der Waals surface area contributed by atoms with Crippen LogP contribution in [0.3, 0.4) is 0 Å². The highest BCUT2D eigenvalue weighted by Gasteiger charge is 2.17. The highest BCUT2D eigenvalue weighted by Crippen LogP contribution is 2.26. The van der Waals surface area contributed by atoms with E-state index in [1.54, 1.807) is 4.68 Å². The van der Waals surface area contributed by atoms with Gasteiger partial charge in [0.05, 0.1) is 11.2 Å². The van der Waals surface area contributed by atoms with E-state index in [9.17, 15) is 4.79 Å². The smallest absolute Gasteiger partial charge is 0.324 e. The molecule has 2 fully saturated rings. The molecule has 2 saturated heterocycles. The Bertz CT molecular complexity index is 1550. The van der Waals surface area contributed by atoms with Gasteiger partial charge in [0.25, 0.3) is 0 Å². The fourth-order valence-corrected chi connectivity index (χ4v) is 5.69. The van der Waals surface area contributed by atoms with Crippen molar-refractivity contribution in [1.82, 2.24) is 34.9 Å². The van der Waals surface area contributed by atoms with Crippen molar-refractivity contribution in [2.75, 3.05) is 62.3 Å². The Hall–Kier alpha value is -4.06. The summed E-state index contributed by atoms with van der Waals surface area (Å²) in [6.45, 7) is 9.41. The van der Waals surface area contributed by atoms with Gasteiger partial charge < -0.3 is 20.9 Å². The van der Waals surface area contributed by atoms with E-state index < -0.39 is 0 Å². The number of hydrogen-bond donors (Lipinski definition) is 4. The molecular weight excluding hydrogens is 528 g/mol. The molecule has 2 aliphatic rings. The number of carbonyl (C=O) groups is 1. The van der Waals surface area contributed by atoms with Crippen molar-refractivity contribution < 1.29 is 4.79 Å². The summed E-state index contributed by atoms with van der Waals surface area (Å²) in [6.07, 6.45) is 3.99. The first-order chi connectivity index (χ1) is 20.4. The zero-order valence-corrected chi connectivity index (χ0v) is 24.7. The van der Waals surface area contributed by atoms with E-state index in [1.165, 1.54) is 11.1 Å². The molecular formula is C31H40N10O. The number of likely N-dealkylation sites (N-methyl/N-ethyl adjacent to an activating group) is 1. The normalized spacial score (nSPS) is 16.9. The van der Waals surface area contributed by atoms with Crippen molar-refractivity contribution in [3.63, 3.8) is 0 Å². The number of nitrogens with one attached hydrogen (secondary N) is 4. The van der Waals surface area contributed by atoms with Gasteiger partial charge in [-0.1, -0.05) is 12.1 Å². The van der Waals surface area contributed by atoms with Crippen molar-refractivity contribution in [1.29, 1.82) is 0 Å². The van der Waals surface area contributed by atoms with E-state index in [0.717, 1.165) is 86.5 Å². The topological polar surface area (TPSA) is 115 Å². The number of aromatic nitrogens is 4. The lowest BCUT2D eigenvalue weighted by Crippen LogP contribution is -2.43. The number of fused-ring (bicyclic) bond motifs is 1. The number of carbonyl (C=O) groups excluding carboxylic acids is 1. The van der Waals surface area contributed by atoms with Crippen molar-refractivity contribution in [3.8, 4) is 11.3 Å². The fourth-order valence-electron chi connectivity index (χ4n) is 5.69. The van der Waals surface area contributed by atoms with E-state index in [0.29, 0.717) is 17.8 Å². The lowest BCUT2D eigenvalue weighted by atomic mass is 10.1. The number of hydrogen-bond acceptors (Lipinski definition) is 8. The maximum Gasteiger partial charge on any atom is 0.324 e. The van der Waals surface area contributed by atoms with Gasteiger partial charge in [0.2, 0.25) is 5.95 Å². The van der Waals surface area contributed by atoms with Gasteiger partial charge >= 0.3 is 6.03 Å². The number of nitrogens with zero attached hydrogens (tertiary/aromatic N) is 6. The Morgan fingerprint density at radius 3 is 2.60 bits per heavy atom. The van der Waals surface area contributed by atoms with Crippen LogP contribution in [0.25, 0.3) is 22.2 Å². The second-order valence-electron chi connectivity index (χ2n) is 11.5. The van der Waals surface area contributed by atoms with Crippen LogP contribution in [0, 0.1) is 6.92 Å². The molecule has 42 heavy (non-hydrogen) atoms. The molecule has 0 spiro atoms. The van der Waals surface area contributed by atoms with Gasteiger partial charge in [-0.3, -0.25) is 14.9 Å². The third-order valence-corrected chi connectivity index (χ3v) is 8.26. The highest BCUT2D eigenvalue weighted by atomic mass is 16.2. The van der Waals surface area contributed by atoms with Crippen LogP contribution in [0.4, 0.5) is 22.2 Å². The van der Waals surface area contributed by atoms with Crippen molar-refractivity contribution in [2.24, 2.45) is 7.05 Å². The number of benzene rings is 2. The van der Waals surface area contributed by atoms with Crippen LogP contribution in [0.15, 0.2) is 48.7 Å². The quantitative estimate of drug-likeness (QED) is 0.266. The summed E-state index contributed by atoms with van der Waals surface area (Å²) >= 11 is 0. The molecule has 0 saturated carbocycles. The second kappa shape index (κ2) is 12.4. The number of anilines is 3. The number of amides is 2. The number of urea groups is 1. The van der Waals surface area contributed by atoms with Crippen LogP contribution in [-0.4, -0.2) is 87.9 Å². The molecule has 0 radical (unpaired) electrons. The van der Waals surface area contributed by atoms with Gasteiger partial charge in [-0.25, -0.2) is 14.8 Å². The summed E-state index contributed by atoms with van der Waals surface area (Å²) in [7, 11) is 4.04. The van der Waals surface area contributed by atoms with Crippen LogP contribution >= 0.6 is 0 Å². The molecule has 2 amide bonds. The zero-order chi connectivity index (χ0) is 29.1. The first-order valence-electron chi connectivity index (χ1n) is 14.8. The number of piperidine rings is 1. The van der Waals surface area contributed by atoms with Crippen LogP contribution < -0.4 is 21.3 Å². The molecule has 4 aromatic rings. The molecule has 4 heterocycles. The van der Waals surface area contributed by atoms with E-state index >= 15 is 0 Å². The number of aryl methyl sites for hydroxylation is 2. The van der Waals surface area contributed by atoms with Crippen LogP contribution in [0.5, 0.6) is 0 Å². The molecule has 0 atom stereocenters. The van der Waals surface area contributed by atoms with Gasteiger partial charge in [0.1, 0.15) is 0 Å². The number of rotatable bonds is 7. The summed E-state index contributed by atoms with van der Waals surface area (Å²) in [6, 6.07) is 14.1. The molecule has 2 aromatic heterocycles. The molecule has 11 nitrogen and oxygen atoms in total. The maximum absolute atomic E-state index is 12.8. The molecule has 0 unspecified atom stereocenters. The number of piperazine rings is 1. The van der Waals surface area contributed by atoms with E-state index in [2.05, 4.69) is 67.3 Å². The van der Waals surface area contributed by atoms with Crippen LogP contribution in [-0.2, 0) is 13.6 Å². The predicted molar refractivity (Wildman–Crippen MR) is 168 cm³/mol. The lowest BCUT2D eigenvalue weighted by molar-refractivity contribution is 0.148. The fraction of sp³-hybridized carbons (Fsp3) is 0.419. The maximum atomic E-state index is 12.8. The van der Waals surface area contributed by atoms with Crippen molar-refractivity contribution >= 4 is 34.4 Å². The third kappa shape index (κ3) is 6.70. The average Bonchev–Trinajstić information content (AvgIpc) is 3.35. The first kappa shape index (κ1) is 28.1. The molecule has 220 valence electrons. The van der Waals surface area contributed by atoms with E-state index in [1.807, 2.05) is 43.6 Å². The monoisotopic (exact) mass is 568 g/mol. The molecule has 0 aliphatic carbocycles. The average molecular weight is 569 g/mol. The van der Waals surface area contributed by atoms with Gasteiger partial charge in [-0.05, 0) is 75.3 Å². The van der Waals surface area contributed by atoms with Crippen molar-refractivity contribution in [2.45, 2.75) is 32.4 Å². The molecule has 0 bridgehead atoms. The SMILES string of the molecule is Cc1cc(NC(=O)Nc2cc(-c3ccc4nc(NC5CCNCC5)ncc4c3)n(C)n2)ccc1CN1CCN(C)CC1. The minimum absolute atomic E-state index is 0.327. The summed E-state index contributed by atoms with van der Waals surface area (Å²) in [5, 5.41) is 18.1. The van der Waals surface area contributed by atoms with Crippen LogP contribution in [0.1, 0.15) is 24.0 Å². The first-order valence-corrected chi connectivity index (χ1v) is 14.8. The Morgan fingerprint density at radius 1 is 1.00 bits per heavy atom. The zero-order valence-electron chi connectivity index (χ0n) is 24.7. The molecule has 2 aromatic carbocycles. The molecule has 11 heteroatoms. The Morgan fingerprint density at radius 2 is 1.81 bits per heavy atom. The summed E-state index contributed by atoms with van der Waals surface area (Å²) in [4.78, 5) is 26.9. The second-order valence-corrected chi connectivity index (χ2v) is 11.5. The highest BCUT2D eigenvalue weighted by molar-refractivity contribution is 5.99. The minimum atomic E-state index is -0.327. The Balaban J connectivity index is 1.08. The van der Waals surface area contributed by atoms with Gasteiger partial charge in [0.15, 0.2) is 5.82 Å². The van der Waals surface area contributed by atoms with Gasteiger partial charge in [0, 0.05) is 74.7 Å². The Labute approximate surface area is 246 Å². The van der Waals surface area contributed by atoms with E-state index in [-0.39, 0.29) is 6.03 Å². The standard InChI is InChI=1S/C31H40N10O/c1-21-16-26(6-4-23(21)20-41-14-12-39(2)13-15-41)35-31(42)37-29-18-28(40(3)38-29)22-5-7-27-24(17-22)19-33-30(36-27)34-25-8-10-32-11-9-25/h4-7,16-19,25,32H,8-15,20H2,1-3H3,(H,33,34,36)(H2,35,37,38,42). The van der Waals surface area contributed by atoms with Gasteiger partial charge in [-0.2, -0.15) is 5.10 Å². The summed E-state index contributed by atoms with van der Waals surface area (Å²) < 4.78 is 1.77. The van der Waals surface area contributed by atoms with Crippen LogP contribution in [0.2, 0.25) is 0 Å². The summed E-state index contributed by atoms with van der Waals surface area (Å²) in [5.41, 5.74) is 5.95. The lowest BCUT2D eigenvalue weighted by Gasteiger charge is -2.32. The third-order valence-electron chi connectivity index (χ3n) is 8.26. The predicted octanol–water partition coefficient (Wildman–Crippen LogP) is 3.89. The van der Waals surface area contributed by atoms with E-state index in [4.69, 9.17) is 4.98 Å².